The lowest BCUT2D eigenvalue weighted by atomic mass is 9.87. The molecular formula is C18H19NO. The number of rotatable bonds is 4. The van der Waals surface area contributed by atoms with E-state index in [1.165, 1.54) is 5.56 Å². The van der Waals surface area contributed by atoms with E-state index in [0.717, 1.165) is 24.9 Å². The Bertz CT molecular complexity index is 579. The molecule has 102 valence electrons. The Balaban J connectivity index is 1.86. The van der Waals surface area contributed by atoms with E-state index in [9.17, 15) is 4.79 Å². The lowest BCUT2D eigenvalue weighted by Gasteiger charge is -2.29. The first-order valence-corrected chi connectivity index (χ1v) is 7.19. The van der Waals surface area contributed by atoms with Crippen LogP contribution >= 0.6 is 0 Å². The second-order valence-corrected chi connectivity index (χ2v) is 5.39. The molecule has 1 unspecified atom stereocenters. The largest absolute Gasteiger partial charge is 0.297 e. The number of carbonyl (C=O) groups is 1. The van der Waals surface area contributed by atoms with Crippen molar-refractivity contribution in [3.8, 4) is 0 Å². The maximum atomic E-state index is 12.5. The van der Waals surface area contributed by atoms with E-state index in [4.69, 9.17) is 0 Å². The molecule has 1 saturated carbocycles. The van der Waals surface area contributed by atoms with Gasteiger partial charge in [-0.2, -0.15) is 0 Å². The van der Waals surface area contributed by atoms with Gasteiger partial charge in [0.05, 0.1) is 0 Å². The average molecular weight is 265 g/mol. The van der Waals surface area contributed by atoms with Crippen molar-refractivity contribution < 1.29 is 4.79 Å². The quantitative estimate of drug-likeness (QED) is 0.917. The Morgan fingerprint density at radius 2 is 1.60 bits per heavy atom. The third kappa shape index (κ3) is 2.39. The lowest BCUT2D eigenvalue weighted by Crippen LogP contribution is -2.45. The fourth-order valence-electron chi connectivity index (χ4n) is 3.03. The highest BCUT2D eigenvalue weighted by molar-refractivity contribution is 5.91. The summed E-state index contributed by atoms with van der Waals surface area (Å²) < 4.78 is 0. The topological polar surface area (TPSA) is 29.1 Å². The summed E-state index contributed by atoms with van der Waals surface area (Å²) in [7, 11) is 0. The van der Waals surface area contributed by atoms with Crippen molar-refractivity contribution >= 4 is 5.78 Å². The fourth-order valence-corrected chi connectivity index (χ4v) is 3.03. The number of nitrogens with one attached hydrogen (secondary N) is 1. The van der Waals surface area contributed by atoms with Crippen LogP contribution in [0.2, 0.25) is 0 Å². The van der Waals surface area contributed by atoms with Crippen molar-refractivity contribution in [3.05, 3.63) is 71.8 Å². The van der Waals surface area contributed by atoms with Gasteiger partial charge in [0, 0.05) is 13.0 Å². The molecule has 20 heavy (non-hydrogen) atoms. The zero-order chi connectivity index (χ0) is 13.8. The molecule has 1 atom stereocenters. The van der Waals surface area contributed by atoms with Gasteiger partial charge in [-0.25, -0.2) is 0 Å². The summed E-state index contributed by atoms with van der Waals surface area (Å²) in [6, 6.07) is 20.4. The molecule has 2 nitrogen and oxygen atoms in total. The third-order valence-electron chi connectivity index (χ3n) is 4.14. The van der Waals surface area contributed by atoms with Crippen molar-refractivity contribution in [2.24, 2.45) is 0 Å². The molecule has 2 heteroatoms. The molecule has 0 saturated heterocycles. The molecule has 1 N–H and O–H groups in total. The molecule has 0 amide bonds. The summed E-state index contributed by atoms with van der Waals surface area (Å²) in [5.41, 5.74) is 1.82. The van der Waals surface area contributed by atoms with Gasteiger partial charge in [-0.15, -0.1) is 0 Å². The molecule has 0 spiro atoms. The monoisotopic (exact) mass is 265 g/mol. The normalized spacial score (nSPS) is 22.1. The molecule has 1 fully saturated rings. The lowest BCUT2D eigenvalue weighted by molar-refractivity contribution is -0.123. The van der Waals surface area contributed by atoms with Crippen molar-refractivity contribution in [1.29, 1.82) is 0 Å². The summed E-state index contributed by atoms with van der Waals surface area (Å²) in [6.07, 6.45) is 2.54. The van der Waals surface area contributed by atoms with E-state index >= 15 is 0 Å². The molecule has 0 heterocycles. The van der Waals surface area contributed by atoms with Crippen molar-refractivity contribution in [2.75, 3.05) is 0 Å². The van der Waals surface area contributed by atoms with Gasteiger partial charge in [0.1, 0.15) is 5.54 Å². The van der Waals surface area contributed by atoms with Crippen LogP contribution in [-0.2, 0) is 16.9 Å². The van der Waals surface area contributed by atoms with E-state index in [-0.39, 0.29) is 0 Å². The van der Waals surface area contributed by atoms with Crippen LogP contribution in [0, 0.1) is 0 Å². The molecule has 0 aliphatic heterocycles. The van der Waals surface area contributed by atoms with Gasteiger partial charge >= 0.3 is 0 Å². The first-order chi connectivity index (χ1) is 9.81. The number of benzene rings is 2. The van der Waals surface area contributed by atoms with E-state index in [0.29, 0.717) is 12.2 Å². The minimum atomic E-state index is -0.489. The highest BCUT2D eigenvalue weighted by atomic mass is 16.1. The van der Waals surface area contributed by atoms with Gasteiger partial charge in [-0.05, 0) is 24.0 Å². The number of Topliss-reactive ketones (excluding diaryl/α,β-unsaturated/α-hetero) is 1. The predicted molar refractivity (Wildman–Crippen MR) is 80.3 cm³/mol. The fraction of sp³-hybridized carbons (Fsp3) is 0.278. The number of ketones is 1. The van der Waals surface area contributed by atoms with Crippen LogP contribution in [0.3, 0.4) is 0 Å². The molecular weight excluding hydrogens is 246 g/mol. The Morgan fingerprint density at radius 1 is 0.950 bits per heavy atom. The number of carbonyl (C=O) groups excluding carboxylic acids is 1. The van der Waals surface area contributed by atoms with E-state index < -0.39 is 5.54 Å². The second kappa shape index (κ2) is 5.59. The van der Waals surface area contributed by atoms with Gasteiger partial charge in [0.2, 0.25) is 0 Å². The van der Waals surface area contributed by atoms with E-state index in [1.807, 2.05) is 36.4 Å². The standard InChI is InChI=1S/C18H19NO/c20-17-12-7-13-18(17,16-10-5-2-6-11-16)19-14-15-8-3-1-4-9-15/h1-6,8-11,19H,7,12-14H2. The van der Waals surface area contributed by atoms with Gasteiger partial charge in [-0.3, -0.25) is 10.1 Å². The Kier molecular flexibility index (Phi) is 3.66. The SMILES string of the molecule is O=C1CCCC1(NCc1ccccc1)c1ccccc1. The minimum absolute atomic E-state index is 0.319. The van der Waals surface area contributed by atoms with Crippen LogP contribution in [0.1, 0.15) is 30.4 Å². The Hall–Kier alpha value is -1.93. The van der Waals surface area contributed by atoms with Crippen molar-refractivity contribution in [3.63, 3.8) is 0 Å². The Morgan fingerprint density at radius 3 is 2.20 bits per heavy atom. The maximum Gasteiger partial charge on any atom is 0.157 e. The average Bonchev–Trinajstić information content (AvgIpc) is 2.89. The molecule has 1 aliphatic carbocycles. The molecule has 2 aromatic rings. The molecule has 0 aromatic heterocycles. The van der Waals surface area contributed by atoms with Crippen LogP contribution in [-0.4, -0.2) is 5.78 Å². The van der Waals surface area contributed by atoms with Gasteiger partial charge < -0.3 is 0 Å². The van der Waals surface area contributed by atoms with Crippen molar-refractivity contribution in [2.45, 2.75) is 31.3 Å². The van der Waals surface area contributed by atoms with Crippen LogP contribution in [0.15, 0.2) is 60.7 Å². The first kappa shape index (κ1) is 13.1. The third-order valence-corrected chi connectivity index (χ3v) is 4.14. The maximum absolute atomic E-state index is 12.5. The number of hydrogen-bond donors (Lipinski definition) is 1. The van der Waals surface area contributed by atoms with Gasteiger partial charge in [-0.1, -0.05) is 60.7 Å². The molecule has 0 bridgehead atoms. The van der Waals surface area contributed by atoms with E-state index in [2.05, 4.69) is 29.6 Å². The van der Waals surface area contributed by atoms with Crippen molar-refractivity contribution in [1.82, 2.24) is 5.32 Å². The summed E-state index contributed by atoms with van der Waals surface area (Å²) in [5.74, 6) is 0.319. The van der Waals surface area contributed by atoms with Crippen LogP contribution in [0.5, 0.6) is 0 Å². The second-order valence-electron chi connectivity index (χ2n) is 5.39. The molecule has 0 radical (unpaired) electrons. The number of hydrogen-bond acceptors (Lipinski definition) is 2. The van der Waals surface area contributed by atoms with Gasteiger partial charge in [0.15, 0.2) is 5.78 Å². The summed E-state index contributed by atoms with van der Waals surface area (Å²) in [5, 5.41) is 3.53. The van der Waals surface area contributed by atoms with Crippen LogP contribution < -0.4 is 5.32 Å². The van der Waals surface area contributed by atoms with Crippen LogP contribution in [0.4, 0.5) is 0 Å². The first-order valence-electron chi connectivity index (χ1n) is 7.19. The molecule has 2 aromatic carbocycles. The highest BCUT2D eigenvalue weighted by Crippen LogP contribution is 2.36. The summed E-state index contributed by atoms with van der Waals surface area (Å²) in [4.78, 5) is 12.5. The van der Waals surface area contributed by atoms with Crippen LogP contribution in [0.25, 0.3) is 0 Å². The smallest absolute Gasteiger partial charge is 0.157 e. The summed E-state index contributed by atoms with van der Waals surface area (Å²) >= 11 is 0. The summed E-state index contributed by atoms with van der Waals surface area (Å²) in [6.45, 7) is 0.724. The van der Waals surface area contributed by atoms with E-state index in [1.54, 1.807) is 0 Å². The Labute approximate surface area is 119 Å². The zero-order valence-corrected chi connectivity index (χ0v) is 11.5. The minimum Gasteiger partial charge on any atom is -0.297 e. The molecule has 1 aliphatic rings. The molecule has 3 rings (SSSR count). The predicted octanol–water partition coefficient (Wildman–Crippen LogP) is 3.42. The van der Waals surface area contributed by atoms with Gasteiger partial charge in [0.25, 0.3) is 0 Å². The zero-order valence-electron chi connectivity index (χ0n) is 11.5. The highest BCUT2D eigenvalue weighted by Gasteiger charge is 2.42.